The normalized spacial score (nSPS) is 12.0. The fraction of sp³-hybridized carbons (Fsp3) is 0.167. The van der Waals surface area contributed by atoms with E-state index in [1.807, 2.05) is 0 Å². The smallest absolute Gasteiger partial charge is 0.255 e. The number of aliphatic imine (C=N–C) groups is 1. The van der Waals surface area contributed by atoms with Crippen LogP contribution >= 0.6 is 23.2 Å². The summed E-state index contributed by atoms with van der Waals surface area (Å²) in [5.41, 5.74) is 13.2. The van der Waals surface area contributed by atoms with Crippen molar-refractivity contribution in [1.82, 2.24) is 5.32 Å². The summed E-state index contributed by atoms with van der Waals surface area (Å²) in [7, 11) is 1.34. The van der Waals surface area contributed by atoms with Crippen molar-refractivity contribution in [2.24, 2.45) is 15.9 Å². The van der Waals surface area contributed by atoms with Gasteiger partial charge >= 0.3 is 0 Å². The number of rotatable bonds is 6. The fourth-order valence-corrected chi connectivity index (χ4v) is 2.90. The second kappa shape index (κ2) is 9.91. The maximum absolute atomic E-state index is 13.1. The average molecular weight is 426 g/mol. The van der Waals surface area contributed by atoms with E-state index < -0.39 is 11.7 Å². The monoisotopic (exact) mass is 425 g/mol. The number of benzene rings is 2. The van der Waals surface area contributed by atoms with E-state index >= 15 is 0 Å². The number of hydrogen-bond acceptors (Lipinski definition) is 4. The molecule has 2 aromatic rings. The molecule has 148 valence electrons. The topological polar surface area (TPSA) is 115 Å². The van der Waals surface area contributed by atoms with Gasteiger partial charge in [0.2, 0.25) is 0 Å². The first-order chi connectivity index (χ1) is 13.3. The Balaban J connectivity index is 2.04. The highest BCUT2D eigenvalue weighted by molar-refractivity contribution is 6.36. The van der Waals surface area contributed by atoms with Crippen LogP contribution in [0.3, 0.4) is 0 Å². The van der Waals surface area contributed by atoms with Crippen molar-refractivity contribution in [1.29, 1.82) is 0 Å². The highest BCUT2D eigenvalue weighted by Gasteiger charge is 2.12. The molecular weight excluding hydrogens is 408 g/mol. The molecule has 0 aliphatic rings. The summed E-state index contributed by atoms with van der Waals surface area (Å²) in [5, 5.41) is 7.28. The SMILES string of the molecule is CON=C(CC(=O)/N=C(\N)NCc1c(Cl)cc(N)cc1Cl)c1ccc(F)cc1. The van der Waals surface area contributed by atoms with E-state index in [1.165, 1.54) is 31.4 Å². The number of anilines is 1. The van der Waals surface area contributed by atoms with Crippen LogP contribution in [-0.4, -0.2) is 24.7 Å². The Kier molecular flexibility index (Phi) is 7.60. The molecule has 0 aliphatic carbocycles. The number of nitrogens with zero attached hydrogens (tertiary/aromatic N) is 2. The standard InChI is InChI=1S/C18H18Cl2FN5O2/c1-28-26-16(10-2-4-11(21)5-3-10)8-17(27)25-18(23)24-9-13-14(19)6-12(22)7-15(13)20/h2-7H,8-9,22H2,1H3,(H3,23,24,25,27). The van der Waals surface area contributed by atoms with Crippen molar-refractivity contribution >= 4 is 46.5 Å². The van der Waals surface area contributed by atoms with Crippen molar-refractivity contribution in [3.63, 3.8) is 0 Å². The predicted octanol–water partition coefficient (Wildman–Crippen LogP) is 3.09. The Morgan fingerprint density at radius 3 is 2.39 bits per heavy atom. The Hall–Kier alpha value is -2.84. The molecule has 7 nitrogen and oxygen atoms in total. The van der Waals surface area contributed by atoms with Crippen LogP contribution in [0, 0.1) is 5.82 Å². The van der Waals surface area contributed by atoms with Gasteiger partial charge in [-0.2, -0.15) is 4.99 Å². The predicted molar refractivity (Wildman–Crippen MR) is 109 cm³/mol. The van der Waals surface area contributed by atoms with Crippen LogP contribution in [0.15, 0.2) is 46.5 Å². The molecule has 0 heterocycles. The van der Waals surface area contributed by atoms with Gasteiger partial charge in [0.15, 0.2) is 5.96 Å². The molecule has 0 saturated carbocycles. The van der Waals surface area contributed by atoms with Crippen LogP contribution in [-0.2, 0) is 16.2 Å². The highest BCUT2D eigenvalue weighted by atomic mass is 35.5. The number of nitrogens with one attached hydrogen (secondary N) is 1. The quantitative estimate of drug-likeness (QED) is 0.284. The zero-order chi connectivity index (χ0) is 20.7. The zero-order valence-electron chi connectivity index (χ0n) is 14.9. The third-order valence-corrected chi connectivity index (χ3v) is 4.23. The fourth-order valence-electron chi connectivity index (χ4n) is 2.27. The molecular formula is C18H18Cl2FN5O2. The van der Waals surface area contributed by atoms with E-state index in [0.717, 1.165) is 0 Å². The summed E-state index contributed by atoms with van der Waals surface area (Å²) in [4.78, 5) is 20.7. The van der Waals surface area contributed by atoms with E-state index in [0.29, 0.717) is 26.9 Å². The van der Waals surface area contributed by atoms with E-state index in [-0.39, 0.29) is 24.6 Å². The number of carbonyl (C=O) groups excluding carboxylic acids is 1. The van der Waals surface area contributed by atoms with E-state index in [1.54, 1.807) is 12.1 Å². The number of hydrogen-bond donors (Lipinski definition) is 3. The van der Waals surface area contributed by atoms with Gasteiger partial charge in [-0.1, -0.05) is 40.5 Å². The Morgan fingerprint density at radius 1 is 1.21 bits per heavy atom. The lowest BCUT2D eigenvalue weighted by atomic mass is 10.1. The molecule has 0 aromatic heterocycles. The number of nitrogens with two attached hydrogens (primary N) is 2. The molecule has 0 saturated heterocycles. The summed E-state index contributed by atoms with van der Waals surface area (Å²) in [6.07, 6.45) is -0.189. The number of nitrogen functional groups attached to an aromatic ring is 1. The van der Waals surface area contributed by atoms with Gasteiger partial charge in [-0.25, -0.2) is 4.39 Å². The summed E-state index contributed by atoms with van der Waals surface area (Å²) in [6, 6.07) is 8.58. The Labute approximate surface area is 171 Å². The van der Waals surface area contributed by atoms with Crippen molar-refractivity contribution in [3.05, 3.63) is 63.4 Å². The maximum atomic E-state index is 13.1. The average Bonchev–Trinajstić information content (AvgIpc) is 2.61. The molecule has 2 rings (SSSR count). The van der Waals surface area contributed by atoms with Crippen molar-refractivity contribution in [2.75, 3.05) is 12.8 Å². The second-order valence-electron chi connectivity index (χ2n) is 5.61. The first kappa shape index (κ1) is 21.5. The summed E-state index contributed by atoms with van der Waals surface area (Å²) in [5.74, 6) is -1.09. The van der Waals surface area contributed by atoms with Gasteiger partial charge in [-0.15, -0.1) is 0 Å². The number of oxime groups is 1. The van der Waals surface area contributed by atoms with E-state index in [9.17, 15) is 9.18 Å². The number of amides is 1. The van der Waals surface area contributed by atoms with Crippen LogP contribution < -0.4 is 16.8 Å². The molecule has 0 fully saturated rings. The van der Waals surface area contributed by atoms with Gasteiger partial charge in [0.1, 0.15) is 12.9 Å². The highest BCUT2D eigenvalue weighted by Crippen LogP contribution is 2.27. The largest absolute Gasteiger partial charge is 0.399 e. The molecule has 1 amide bonds. The lowest BCUT2D eigenvalue weighted by molar-refractivity contribution is -0.116. The maximum Gasteiger partial charge on any atom is 0.255 e. The van der Waals surface area contributed by atoms with E-state index in [4.69, 9.17) is 39.5 Å². The van der Waals surface area contributed by atoms with Gasteiger partial charge in [0.25, 0.3) is 5.91 Å². The molecule has 0 bridgehead atoms. The molecule has 2 aromatic carbocycles. The Bertz CT molecular complexity index is 894. The zero-order valence-corrected chi connectivity index (χ0v) is 16.4. The lowest BCUT2D eigenvalue weighted by Gasteiger charge is -2.10. The molecule has 0 atom stereocenters. The molecule has 0 unspecified atom stereocenters. The van der Waals surface area contributed by atoms with Gasteiger partial charge in [-0.05, 0) is 24.3 Å². The first-order valence-corrected chi connectivity index (χ1v) is 8.76. The Morgan fingerprint density at radius 2 is 1.82 bits per heavy atom. The summed E-state index contributed by atoms with van der Waals surface area (Å²) < 4.78 is 13.1. The van der Waals surface area contributed by atoms with Crippen LogP contribution in [0.2, 0.25) is 10.0 Å². The van der Waals surface area contributed by atoms with Crippen molar-refractivity contribution in [3.8, 4) is 0 Å². The lowest BCUT2D eigenvalue weighted by Crippen LogP contribution is -2.32. The molecule has 10 heteroatoms. The molecule has 28 heavy (non-hydrogen) atoms. The third-order valence-electron chi connectivity index (χ3n) is 3.55. The van der Waals surface area contributed by atoms with Crippen LogP contribution in [0.25, 0.3) is 0 Å². The van der Waals surface area contributed by atoms with Crippen LogP contribution in [0.1, 0.15) is 17.5 Å². The van der Waals surface area contributed by atoms with Gasteiger partial charge in [0, 0.05) is 33.4 Å². The number of halogens is 3. The third kappa shape index (κ3) is 6.11. The first-order valence-electron chi connectivity index (χ1n) is 8.00. The second-order valence-corrected chi connectivity index (χ2v) is 6.43. The summed E-state index contributed by atoms with van der Waals surface area (Å²) in [6.45, 7) is 0.150. The van der Waals surface area contributed by atoms with Crippen LogP contribution in [0.4, 0.5) is 10.1 Å². The minimum absolute atomic E-state index is 0.121. The van der Waals surface area contributed by atoms with Gasteiger partial charge in [0.05, 0.1) is 12.1 Å². The molecule has 0 aliphatic heterocycles. The van der Waals surface area contributed by atoms with Crippen molar-refractivity contribution in [2.45, 2.75) is 13.0 Å². The van der Waals surface area contributed by atoms with Gasteiger partial charge < -0.3 is 21.6 Å². The van der Waals surface area contributed by atoms with E-state index in [2.05, 4.69) is 15.5 Å². The molecule has 0 spiro atoms. The van der Waals surface area contributed by atoms with Gasteiger partial charge in [-0.3, -0.25) is 4.79 Å². The molecule has 0 radical (unpaired) electrons. The van der Waals surface area contributed by atoms with Crippen molar-refractivity contribution < 1.29 is 14.0 Å². The minimum atomic E-state index is -0.570. The molecule has 5 N–H and O–H groups in total. The minimum Gasteiger partial charge on any atom is -0.399 e. The summed E-state index contributed by atoms with van der Waals surface area (Å²) >= 11 is 12.2. The van der Waals surface area contributed by atoms with Crippen LogP contribution in [0.5, 0.6) is 0 Å². The number of carbonyl (C=O) groups is 1. The number of guanidine groups is 1.